The molecule has 1 aromatic rings. The Bertz CT molecular complexity index is 936. The fourth-order valence-corrected chi connectivity index (χ4v) is 2.97. The van der Waals surface area contributed by atoms with Crippen molar-refractivity contribution < 1.29 is 17.9 Å². The summed E-state index contributed by atoms with van der Waals surface area (Å²) in [5.41, 5.74) is 1.74. The third-order valence-corrected chi connectivity index (χ3v) is 4.34. The zero-order valence-corrected chi connectivity index (χ0v) is 14.6. The molecule has 2 aliphatic rings. The van der Waals surface area contributed by atoms with Gasteiger partial charge in [0.15, 0.2) is 5.75 Å². The molecule has 0 radical (unpaired) electrons. The minimum absolute atomic E-state index is 0.0678. The van der Waals surface area contributed by atoms with E-state index in [0.29, 0.717) is 29.1 Å². The number of aromatic amines is 1. The Hall–Kier alpha value is -2.21. The van der Waals surface area contributed by atoms with E-state index in [0.717, 1.165) is 10.9 Å². The fourth-order valence-electron chi connectivity index (χ4n) is 2.80. The highest BCUT2D eigenvalue weighted by Gasteiger charge is 2.25. The number of alkyl halides is 3. The molecule has 1 aliphatic heterocycles. The first-order valence-electron chi connectivity index (χ1n) is 8.28. The summed E-state index contributed by atoms with van der Waals surface area (Å²) in [6.07, 6.45) is -3.97. The normalized spacial score (nSPS) is 12.0. The molecule has 3 nitrogen and oxygen atoms in total. The van der Waals surface area contributed by atoms with Gasteiger partial charge >= 0.3 is 6.18 Å². The number of hydrogen-bond donors (Lipinski definition) is 1. The highest BCUT2D eigenvalue weighted by Crippen LogP contribution is 2.26. The zero-order chi connectivity index (χ0) is 18.7. The van der Waals surface area contributed by atoms with Gasteiger partial charge in [0.1, 0.15) is 0 Å². The number of H-pyrrole nitrogens is 1. The largest absolute Gasteiger partial charge is 0.489 e. The number of nitrogens with one attached hydrogen (secondary N) is 1. The van der Waals surface area contributed by atoms with Crippen LogP contribution >= 0.6 is 11.6 Å². The molecule has 1 N–H and O–H groups in total. The van der Waals surface area contributed by atoms with E-state index in [2.05, 4.69) is 4.98 Å². The van der Waals surface area contributed by atoms with Gasteiger partial charge in [0, 0.05) is 22.5 Å². The summed E-state index contributed by atoms with van der Waals surface area (Å²) >= 11 is 5.98. The molecule has 0 saturated heterocycles. The second kappa shape index (κ2) is 7.58. The molecule has 1 aromatic carbocycles. The van der Waals surface area contributed by atoms with Gasteiger partial charge in [0.25, 0.3) is 0 Å². The van der Waals surface area contributed by atoms with Crippen LogP contribution < -0.4 is 10.2 Å². The van der Waals surface area contributed by atoms with Gasteiger partial charge in [-0.25, -0.2) is 0 Å². The maximum Gasteiger partial charge on any atom is 0.389 e. The Morgan fingerprint density at radius 3 is 2.62 bits per heavy atom. The van der Waals surface area contributed by atoms with Crippen LogP contribution in [0, 0.1) is 0 Å². The average molecular weight is 384 g/mol. The van der Waals surface area contributed by atoms with E-state index in [1.54, 1.807) is 30.3 Å². The Morgan fingerprint density at radius 2 is 1.85 bits per heavy atom. The van der Waals surface area contributed by atoms with E-state index in [1.807, 2.05) is 6.07 Å². The molecular formula is C19H17ClF3NO2. The van der Waals surface area contributed by atoms with Crippen LogP contribution in [-0.2, 0) is 0 Å². The molecule has 3 rings (SSSR count). The first-order valence-corrected chi connectivity index (χ1v) is 8.66. The highest BCUT2D eigenvalue weighted by atomic mass is 35.5. The van der Waals surface area contributed by atoms with Gasteiger partial charge in [-0.2, -0.15) is 13.2 Å². The van der Waals surface area contributed by atoms with Crippen molar-refractivity contribution in [1.29, 1.82) is 0 Å². The lowest BCUT2D eigenvalue weighted by molar-refractivity contribution is -0.135. The maximum absolute atomic E-state index is 12.6. The van der Waals surface area contributed by atoms with Gasteiger partial charge in [-0.1, -0.05) is 17.7 Å². The summed E-state index contributed by atoms with van der Waals surface area (Å²) in [7, 11) is 0. The van der Waals surface area contributed by atoms with Crippen molar-refractivity contribution in [2.24, 2.45) is 0 Å². The van der Waals surface area contributed by atoms with E-state index in [-0.39, 0.29) is 24.2 Å². The van der Waals surface area contributed by atoms with Crippen molar-refractivity contribution in [3.8, 4) is 17.0 Å². The number of aromatic nitrogens is 1. The maximum atomic E-state index is 12.6. The lowest BCUT2D eigenvalue weighted by atomic mass is 10.1. The molecule has 26 heavy (non-hydrogen) atoms. The van der Waals surface area contributed by atoms with Crippen LogP contribution in [0.5, 0.6) is 5.75 Å². The first kappa shape index (κ1) is 18.6. The minimum atomic E-state index is -4.12. The average Bonchev–Trinajstić information content (AvgIpc) is 2.57. The molecule has 138 valence electrons. The molecule has 7 heteroatoms. The number of halogens is 4. The molecule has 0 fully saturated rings. The summed E-state index contributed by atoms with van der Waals surface area (Å²) in [4.78, 5) is 15.7. The van der Waals surface area contributed by atoms with Crippen molar-refractivity contribution >= 4 is 22.5 Å². The molecule has 0 bridgehead atoms. The quantitative estimate of drug-likeness (QED) is 0.432. The molecule has 1 aliphatic carbocycles. The van der Waals surface area contributed by atoms with Gasteiger partial charge in [-0.05, 0) is 55.0 Å². The van der Waals surface area contributed by atoms with Crippen molar-refractivity contribution in [1.82, 2.24) is 4.98 Å². The lowest BCUT2D eigenvalue weighted by Gasteiger charge is -2.11. The van der Waals surface area contributed by atoms with Crippen LogP contribution in [0.2, 0.25) is 5.02 Å². The van der Waals surface area contributed by atoms with Gasteiger partial charge in [-0.3, -0.25) is 4.79 Å². The third kappa shape index (κ3) is 4.49. The molecule has 0 amide bonds. The Kier molecular flexibility index (Phi) is 5.41. The van der Waals surface area contributed by atoms with E-state index in [9.17, 15) is 18.0 Å². The number of fused-ring (bicyclic) bond motifs is 2. The number of ether oxygens (including phenoxy) is 1. The number of benzene rings is 2. The van der Waals surface area contributed by atoms with Crippen LogP contribution in [-0.4, -0.2) is 17.8 Å². The van der Waals surface area contributed by atoms with Gasteiger partial charge < -0.3 is 9.72 Å². The second-order valence-corrected chi connectivity index (χ2v) is 6.57. The second-order valence-electron chi connectivity index (χ2n) is 6.13. The fraction of sp³-hybridized carbons (Fsp3) is 0.316. The number of hydrogen-bond acceptors (Lipinski definition) is 2. The first-order chi connectivity index (χ1) is 12.3. The van der Waals surface area contributed by atoms with Crippen LogP contribution in [0.25, 0.3) is 22.2 Å². The van der Waals surface area contributed by atoms with Crippen molar-refractivity contribution in [2.45, 2.75) is 31.9 Å². The van der Waals surface area contributed by atoms with E-state index in [4.69, 9.17) is 16.3 Å². The molecule has 0 unspecified atom stereocenters. The van der Waals surface area contributed by atoms with Crippen LogP contribution in [0.15, 0.2) is 41.2 Å². The van der Waals surface area contributed by atoms with Crippen molar-refractivity contribution in [2.75, 3.05) is 6.61 Å². The summed E-state index contributed by atoms with van der Waals surface area (Å²) in [5.74, 6) is 0.204. The van der Waals surface area contributed by atoms with E-state index < -0.39 is 12.6 Å². The molecular weight excluding hydrogens is 367 g/mol. The van der Waals surface area contributed by atoms with Crippen LogP contribution in [0.1, 0.15) is 25.7 Å². The smallest absolute Gasteiger partial charge is 0.389 e. The number of rotatable bonds is 6. The summed E-state index contributed by atoms with van der Waals surface area (Å²) in [6, 6.07) is 10.4. The van der Waals surface area contributed by atoms with E-state index in [1.165, 1.54) is 0 Å². The third-order valence-electron chi connectivity index (χ3n) is 4.11. The zero-order valence-electron chi connectivity index (χ0n) is 13.8. The summed E-state index contributed by atoms with van der Waals surface area (Å²) in [5, 5.41) is 1.45. The topological polar surface area (TPSA) is 42.1 Å². The van der Waals surface area contributed by atoms with Gasteiger partial charge in [-0.15, -0.1) is 0 Å². The predicted molar refractivity (Wildman–Crippen MR) is 96.2 cm³/mol. The standard InChI is InChI=1S/C19H17ClF3NO2/c20-13-5-4-12-10-14-15(24-16(12)11-13)6-7-17(18(14)25)26-9-3-1-2-8-19(21,22)23/h4-7,10-11,24H,1-3,8-9H2. The molecule has 0 aromatic heterocycles. The van der Waals surface area contributed by atoms with Gasteiger partial charge in [0.05, 0.1) is 12.3 Å². The predicted octanol–water partition coefficient (Wildman–Crippen LogP) is 5.79. The van der Waals surface area contributed by atoms with E-state index >= 15 is 0 Å². The summed E-state index contributed by atoms with van der Waals surface area (Å²) in [6.45, 7) is 0.214. The SMILES string of the molecule is O=c1c(OCCCCCC(F)(F)F)ccc2[nH]c3cc(Cl)ccc3cc1-2. The van der Waals surface area contributed by atoms with Crippen LogP contribution in [0.3, 0.4) is 0 Å². The minimum Gasteiger partial charge on any atom is -0.489 e. The Morgan fingerprint density at radius 1 is 1.04 bits per heavy atom. The van der Waals surface area contributed by atoms with Crippen molar-refractivity contribution in [3.05, 3.63) is 51.6 Å². The monoisotopic (exact) mass is 383 g/mol. The lowest BCUT2D eigenvalue weighted by Crippen LogP contribution is -2.12. The Labute approximate surface area is 153 Å². The molecule has 0 saturated carbocycles. The number of unbranched alkanes of at least 4 members (excludes halogenated alkanes) is 2. The molecule has 0 spiro atoms. The van der Waals surface area contributed by atoms with Crippen LogP contribution in [0.4, 0.5) is 13.2 Å². The Balaban J connectivity index is 1.69. The highest BCUT2D eigenvalue weighted by molar-refractivity contribution is 6.31. The van der Waals surface area contributed by atoms with Crippen molar-refractivity contribution in [3.63, 3.8) is 0 Å². The van der Waals surface area contributed by atoms with Gasteiger partial charge in [0.2, 0.25) is 5.43 Å². The summed E-state index contributed by atoms with van der Waals surface area (Å²) < 4.78 is 41.7. The molecule has 1 heterocycles. The number of pyridine rings is 1. The molecule has 0 atom stereocenters.